The van der Waals surface area contributed by atoms with Crippen LogP contribution in [0.2, 0.25) is 0 Å². The van der Waals surface area contributed by atoms with Gasteiger partial charge in [-0.05, 0) is 170 Å². The zero-order valence-electron chi connectivity index (χ0n) is 43.8. The largest absolute Gasteiger partial charge is 0.417 e. The van der Waals surface area contributed by atoms with Crippen molar-refractivity contribution >= 4 is 43.6 Å². The van der Waals surface area contributed by atoms with Gasteiger partial charge < -0.3 is 9.13 Å². The van der Waals surface area contributed by atoms with Crippen LogP contribution in [0.15, 0.2) is 182 Å². The van der Waals surface area contributed by atoms with Crippen LogP contribution in [0.25, 0.3) is 111 Å². The summed E-state index contributed by atoms with van der Waals surface area (Å²) in [5, 5.41) is 15.0. The van der Waals surface area contributed by atoms with Crippen LogP contribution < -0.4 is 0 Å². The Bertz CT molecular complexity index is 3980. The summed E-state index contributed by atoms with van der Waals surface area (Å²) in [4.78, 5) is 0. The molecule has 0 atom stereocenters. The van der Waals surface area contributed by atoms with E-state index in [-0.39, 0.29) is 5.56 Å². The third-order valence-electron chi connectivity index (χ3n) is 15.5. The number of fused-ring (bicyclic) bond motifs is 6. The molecule has 0 aliphatic carbocycles. The van der Waals surface area contributed by atoms with Crippen LogP contribution >= 0.6 is 0 Å². The van der Waals surface area contributed by atoms with E-state index in [0.29, 0.717) is 22.5 Å². The quantitative estimate of drug-likeness (QED) is 0.157. The van der Waals surface area contributed by atoms with E-state index in [0.717, 1.165) is 133 Å². The summed E-state index contributed by atoms with van der Waals surface area (Å²) >= 11 is 0. The molecule has 0 aliphatic heterocycles. The molecule has 12 rings (SSSR count). The van der Waals surface area contributed by atoms with Crippen LogP contribution in [-0.2, 0) is 6.18 Å². The average Bonchev–Trinajstić information content (AvgIpc) is 3.90. The Morgan fingerprint density at radius 1 is 0.355 bits per heavy atom. The molecule has 10 aromatic carbocycles. The monoisotopic (exact) mass is 993 g/mol. The molecule has 6 heteroatoms. The molecule has 2 aromatic heterocycles. The standard InChI is InChI=1S/C70H54F3N3/c1-40-13-21-53(44(5)29-40)49-17-25-57-58-26-18-50(54-22-14-41(2)30-45(54)6)36-64(58)75(63(57)35-49)67-33-48(39-74)34-68(69(67)61-11-9-10-12-62(61)70(71,72)73)76-65-37-51(55-23-15-42(3)31-46(55)7)19-27-59(65)60-28-20-52(38-66(60)76)56-24-16-43(4)32-47(56)8/h9-38H,1-8H3. The number of nitrogens with zero attached hydrogens (tertiary/aromatic N) is 3. The predicted octanol–water partition coefficient (Wildman–Crippen LogP) is 19.6. The Kier molecular flexibility index (Phi) is 11.5. The SMILES string of the molecule is Cc1ccc(-c2ccc3c4ccc(-c5ccc(C)cc5C)cc4n(-c4cc(C#N)cc(-n5c6cc(-c7ccc(C)cc7C)ccc6c6ccc(-c7ccc(C)cc7C)cc65)c4-c4ccccc4C(F)(F)F)c3c2)c(C)c1. The Labute approximate surface area is 441 Å². The molecule has 0 spiro atoms. The molecule has 0 fully saturated rings. The van der Waals surface area contributed by atoms with E-state index in [1.165, 1.54) is 12.1 Å². The van der Waals surface area contributed by atoms with Crippen LogP contribution in [0.3, 0.4) is 0 Å². The number of aromatic nitrogens is 2. The summed E-state index contributed by atoms with van der Waals surface area (Å²) < 4.78 is 52.2. The van der Waals surface area contributed by atoms with Crippen LogP contribution in [0.5, 0.6) is 0 Å². The van der Waals surface area contributed by atoms with Crippen molar-refractivity contribution in [2.24, 2.45) is 0 Å². The van der Waals surface area contributed by atoms with Crippen molar-refractivity contribution in [3.8, 4) is 73.1 Å². The Balaban J connectivity index is 1.28. The average molecular weight is 994 g/mol. The normalized spacial score (nSPS) is 11.9. The zero-order chi connectivity index (χ0) is 52.9. The molecule has 0 unspecified atom stereocenters. The fourth-order valence-corrected chi connectivity index (χ4v) is 12.0. The molecule has 0 amide bonds. The van der Waals surface area contributed by atoms with Crippen molar-refractivity contribution in [3.05, 3.63) is 238 Å². The van der Waals surface area contributed by atoms with Gasteiger partial charge in [0.25, 0.3) is 0 Å². The van der Waals surface area contributed by atoms with Gasteiger partial charge in [-0.15, -0.1) is 0 Å². The van der Waals surface area contributed by atoms with E-state index in [2.05, 4.69) is 216 Å². The van der Waals surface area contributed by atoms with Gasteiger partial charge in [-0.1, -0.05) is 162 Å². The zero-order valence-corrected chi connectivity index (χ0v) is 43.8. The number of hydrogen-bond acceptors (Lipinski definition) is 1. The highest BCUT2D eigenvalue weighted by molar-refractivity contribution is 6.14. The molecule has 12 aromatic rings. The summed E-state index contributed by atoms with van der Waals surface area (Å²) in [6.45, 7) is 16.8. The van der Waals surface area contributed by atoms with Gasteiger partial charge in [0, 0.05) is 27.1 Å². The van der Waals surface area contributed by atoms with E-state index < -0.39 is 11.7 Å². The van der Waals surface area contributed by atoms with E-state index in [9.17, 15) is 5.26 Å². The lowest BCUT2D eigenvalue weighted by Crippen LogP contribution is -2.11. The van der Waals surface area contributed by atoms with Crippen LogP contribution in [0, 0.1) is 66.7 Å². The van der Waals surface area contributed by atoms with Gasteiger partial charge in [0.2, 0.25) is 0 Å². The molecular weight excluding hydrogens is 940 g/mol. The van der Waals surface area contributed by atoms with Gasteiger partial charge in [-0.3, -0.25) is 0 Å². The molecular formula is C70H54F3N3. The second-order valence-corrected chi connectivity index (χ2v) is 20.9. The maximum Gasteiger partial charge on any atom is 0.417 e. The van der Waals surface area contributed by atoms with Gasteiger partial charge in [0.1, 0.15) is 0 Å². The Morgan fingerprint density at radius 2 is 0.671 bits per heavy atom. The van der Waals surface area contributed by atoms with Crippen LogP contribution in [-0.4, -0.2) is 9.13 Å². The highest BCUT2D eigenvalue weighted by Gasteiger charge is 2.36. The molecule has 0 radical (unpaired) electrons. The minimum Gasteiger partial charge on any atom is -0.308 e. The number of benzene rings is 10. The van der Waals surface area contributed by atoms with E-state index in [1.807, 2.05) is 0 Å². The van der Waals surface area contributed by atoms with Crippen molar-refractivity contribution in [2.75, 3.05) is 0 Å². The topological polar surface area (TPSA) is 33.6 Å². The second-order valence-electron chi connectivity index (χ2n) is 20.9. The van der Waals surface area contributed by atoms with E-state index in [1.54, 1.807) is 24.3 Å². The van der Waals surface area contributed by atoms with Crippen molar-refractivity contribution in [3.63, 3.8) is 0 Å². The smallest absolute Gasteiger partial charge is 0.308 e. The molecule has 0 bridgehead atoms. The third-order valence-corrected chi connectivity index (χ3v) is 15.5. The Morgan fingerprint density at radius 3 is 0.961 bits per heavy atom. The van der Waals surface area contributed by atoms with Crippen molar-refractivity contribution < 1.29 is 13.2 Å². The first-order valence-electron chi connectivity index (χ1n) is 25.8. The lowest BCUT2D eigenvalue weighted by atomic mass is 9.93. The Hall–Kier alpha value is -8.92. The van der Waals surface area contributed by atoms with Crippen LogP contribution in [0.4, 0.5) is 13.2 Å². The summed E-state index contributed by atoms with van der Waals surface area (Å²) in [5.41, 5.74) is 21.1. The molecule has 370 valence electrons. The number of alkyl halides is 3. The third kappa shape index (κ3) is 8.06. The lowest BCUT2D eigenvalue weighted by Gasteiger charge is -2.23. The first kappa shape index (κ1) is 48.0. The summed E-state index contributed by atoms with van der Waals surface area (Å²) in [6.07, 6.45) is -4.74. The molecule has 0 aliphatic rings. The maximum absolute atomic E-state index is 16.0. The molecule has 0 saturated carbocycles. The number of halogens is 3. The van der Waals surface area contributed by atoms with Crippen LogP contribution in [0.1, 0.15) is 55.6 Å². The lowest BCUT2D eigenvalue weighted by molar-refractivity contribution is -0.137. The summed E-state index contributed by atoms with van der Waals surface area (Å²) in [5.74, 6) is 0. The highest BCUT2D eigenvalue weighted by atomic mass is 19.4. The first-order valence-corrected chi connectivity index (χ1v) is 25.8. The molecule has 0 saturated heterocycles. The maximum atomic E-state index is 16.0. The number of rotatable bonds is 7. The molecule has 3 nitrogen and oxygen atoms in total. The minimum atomic E-state index is -4.74. The van der Waals surface area contributed by atoms with Gasteiger partial charge in [0.15, 0.2) is 0 Å². The first-order chi connectivity index (χ1) is 36.5. The molecule has 76 heavy (non-hydrogen) atoms. The number of hydrogen-bond donors (Lipinski definition) is 0. The molecule has 0 N–H and O–H groups in total. The number of nitriles is 1. The van der Waals surface area contributed by atoms with Crippen molar-refractivity contribution in [2.45, 2.75) is 61.6 Å². The van der Waals surface area contributed by atoms with Crippen molar-refractivity contribution in [1.82, 2.24) is 9.13 Å². The fourth-order valence-electron chi connectivity index (χ4n) is 12.0. The van der Waals surface area contributed by atoms with Gasteiger partial charge in [-0.25, -0.2) is 0 Å². The second kappa shape index (κ2) is 18.2. The minimum absolute atomic E-state index is 0.00150. The van der Waals surface area contributed by atoms with Gasteiger partial charge in [-0.2, -0.15) is 18.4 Å². The van der Waals surface area contributed by atoms with E-state index in [4.69, 9.17) is 0 Å². The van der Waals surface area contributed by atoms with Crippen molar-refractivity contribution in [1.29, 1.82) is 5.26 Å². The highest BCUT2D eigenvalue weighted by Crippen LogP contribution is 2.48. The number of aryl methyl sites for hydroxylation is 8. The predicted molar refractivity (Wildman–Crippen MR) is 310 cm³/mol. The van der Waals surface area contributed by atoms with Gasteiger partial charge >= 0.3 is 6.18 Å². The van der Waals surface area contributed by atoms with Gasteiger partial charge in [0.05, 0.1) is 50.6 Å². The summed E-state index contributed by atoms with van der Waals surface area (Å²) in [7, 11) is 0. The van der Waals surface area contributed by atoms with E-state index >= 15 is 13.2 Å². The molecule has 2 heterocycles. The fraction of sp³-hybridized carbons (Fsp3) is 0.129. The summed E-state index contributed by atoms with van der Waals surface area (Å²) in [6, 6.07) is 63.3.